The normalized spacial score (nSPS) is 14.2. The molecule has 0 aromatic heterocycles. The molecule has 1 atom stereocenters. The van der Waals surface area contributed by atoms with E-state index in [-0.39, 0.29) is 5.02 Å². The smallest absolute Gasteiger partial charge is 0.142 e. The van der Waals surface area contributed by atoms with Gasteiger partial charge in [-0.3, -0.25) is 0 Å². The maximum atomic E-state index is 13.7. The van der Waals surface area contributed by atoms with Crippen molar-refractivity contribution in [3.05, 3.63) is 68.4 Å². The van der Waals surface area contributed by atoms with E-state index < -0.39 is 11.4 Å². The van der Waals surface area contributed by atoms with Gasteiger partial charge >= 0.3 is 0 Å². The van der Waals surface area contributed by atoms with Crippen molar-refractivity contribution in [3.63, 3.8) is 0 Å². The summed E-state index contributed by atoms with van der Waals surface area (Å²) >= 11 is 11.9. The molecule has 2 rings (SSSR count). The lowest BCUT2D eigenvalue weighted by molar-refractivity contribution is 0.581. The van der Waals surface area contributed by atoms with E-state index in [1.54, 1.807) is 0 Å². The van der Waals surface area contributed by atoms with E-state index in [0.29, 0.717) is 10.6 Å². The fourth-order valence-electron chi connectivity index (χ4n) is 2.14. The van der Waals surface area contributed by atoms with Crippen LogP contribution in [-0.2, 0) is 5.54 Å². The van der Waals surface area contributed by atoms with Gasteiger partial charge in [0.1, 0.15) is 5.82 Å². The van der Waals surface area contributed by atoms with Crippen molar-refractivity contribution in [1.82, 2.24) is 0 Å². The Labute approximate surface area is 128 Å². The van der Waals surface area contributed by atoms with Gasteiger partial charge in [-0.05, 0) is 55.2 Å². The monoisotopic (exact) mass is 311 g/mol. The third kappa shape index (κ3) is 2.69. The lowest BCUT2D eigenvalue weighted by atomic mass is 9.84. The molecule has 1 nitrogen and oxygen atoms in total. The number of benzene rings is 2. The zero-order valence-electron chi connectivity index (χ0n) is 11.6. The van der Waals surface area contributed by atoms with Crippen LogP contribution in [0, 0.1) is 19.7 Å². The minimum absolute atomic E-state index is 0.00497. The van der Waals surface area contributed by atoms with Gasteiger partial charge in [0.15, 0.2) is 0 Å². The largest absolute Gasteiger partial charge is 0.318 e. The molecule has 0 amide bonds. The van der Waals surface area contributed by atoms with Crippen LogP contribution < -0.4 is 5.73 Å². The van der Waals surface area contributed by atoms with E-state index in [4.69, 9.17) is 28.9 Å². The number of hydrogen-bond acceptors (Lipinski definition) is 1. The molecule has 0 aliphatic carbocycles. The van der Waals surface area contributed by atoms with Crippen molar-refractivity contribution < 1.29 is 4.39 Å². The van der Waals surface area contributed by atoms with Crippen molar-refractivity contribution >= 4 is 23.2 Å². The van der Waals surface area contributed by atoms with E-state index in [0.717, 1.165) is 11.1 Å². The number of rotatable bonds is 2. The Hall–Kier alpha value is -1.09. The second-order valence-electron chi connectivity index (χ2n) is 5.25. The van der Waals surface area contributed by atoms with Crippen LogP contribution in [0.3, 0.4) is 0 Å². The summed E-state index contributed by atoms with van der Waals surface area (Å²) in [5.41, 5.74) is 9.22. The lowest BCUT2D eigenvalue weighted by Gasteiger charge is -2.28. The summed E-state index contributed by atoms with van der Waals surface area (Å²) in [6.45, 7) is 5.85. The molecule has 0 aliphatic rings. The summed E-state index contributed by atoms with van der Waals surface area (Å²) in [7, 11) is 0. The van der Waals surface area contributed by atoms with Gasteiger partial charge in [0.2, 0.25) is 0 Å². The van der Waals surface area contributed by atoms with Crippen LogP contribution in [-0.4, -0.2) is 0 Å². The van der Waals surface area contributed by atoms with Gasteiger partial charge in [0.25, 0.3) is 0 Å². The van der Waals surface area contributed by atoms with E-state index >= 15 is 0 Å². The standard InChI is InChI=1S/C16H16Cl2FN/c1-9-4-5-11(6-10(9)2)16(3,20)12-7-15(19)14(18)8-13(12)17/h4-8H,20H2,1-3H3. The predicted octanol–water partition coefficient (Wildman–Crippen LogP) is 4.97. The first-order valence-corrected chi connectivity index (χ1v) is 7.00. The Balaban J connectivity index is 2.59. The highest BCUT2D eigenvalue weighted by Crippen LogP contribution is 2.35. The second kappa shape index (κ2) is 5.36. The Morgan fingerprint density at radius 3 is 2.25 bits per heavy atom. The molecule has 0 heterocycles. The number of nitrogens with two attached hydrogens (primary N) is 1. The molecule has 2 aromatic rings. The predicted molar refractivity (Wildman–Crippen MR) is 83.0 cm³/mol. The van der Waals surface area contributed by atoms with Gasteiger partial charge < -0.3 is 5.73 Å². The Morgan fingerprint density at radius 1 is 1.00 bits per heavy atom. The minimum Gasteiger partial charge on any atom is -0.318 e. The van der Waals surface area contributed by atoms with E-state index in [9.17, 15) is 4.39 Å². The Bertz CT molecular complexity index is 666. The van der Waals surface area contributed by atoms with Gasteiger partial charge in [-0.1, -0.05) is 41.4 Å². The molecule has 0 radical (unpaired) electrons. The SMILES string of the molecule is Cc1ccc(C(C)(N)c2cc(F)c(Cl)cc2Cl)cc1C. The molecule has 0 saturated carbocycles. The molecule has 20 heavy (non-hydrogen) atoms. The van der Waals surface area contributed by atoms with E-state index in [1.165, 1.54) is 17.7 Å². The molecule has 0 fully saturated rings. The Kier molecular flexibility index (Phi) is 4.10. The first-order chi connectivity index (χ1) is 9.23. The number of halogens is 3. The van der Waals surface area contributed by atoms with Crippen LogP contribution in [0.15, 0.2) is 30.3 Å². The minimum atomic E-state index is -0.888. The summed E-state index contributed by atoms with van der Waals surface area (Å²) in [4.78, 5) is 0. The molecule has 0 saturated heterocycles. The number of hydrogen-bond donors (Lipinski definition) is 1. The molecule has 2 aromatic carbocycles. The average Bonchev–Trinajstić information content (AvgIpc) is 2.36. The molecule has 4 heteroatoms. The molecule has 0 bridgehead atoms. The van der Waals surface area contributed by atoms with E-state index in [1.807, 2.05) is 39.0 Å². The first kappa shape index (κ1) is 15.3. The molecular formula is C16H16Cl2FN. The van der Waals surface area contributed by atoms with Crippen LogP contribution in [0.25, 0.3) is 0 Å². The molecular weight excluding hydrogens is 296 g/mol. The fraction of sp³-hybridized carbons (Fsp3) is 0.250. The van der Waals surface area contributed by atoms with Gasteiger partial charge in [-0.15, -0.1) is 0 Å². The molecule has 1 unspecified atom stereocenters. The summed E-state index contributed by atoms with van der Waals surface area (Å²) in [5.74, 6) is -0.522. The number of aryl methyl sites for hydroxylation is 2. The highest BCUT2D eigenvalue weighted by Gasteiger charge is 2.27. The summed E-state index contributed by atoms with van der Waals surface area (Å²) in [6.07, 6.45) is 0. The Morgan fingerprint density at radius 2 is 1.65 bits per heavy atom. The topological polar surface area (TPSA) is 26.0 Å². The molecule has 106 valence electrons. The van der Waals surface area contributed by atoms with Crippen molar-refractivity contribution in [2.24, 2.45) is 5.73 Å². The second-order valence-corrected chi connectivity index (χ2v) is 6.06. The summed E-state index contributed by atoms with van der Waals surface area (Å²) in [5, 5.41) is 0.356. The molecule has 2 N–H and O–H groups in total. The third-order valence-electron chi connectivity index (χ3n) is 3.68. The van der Waals surface area contributed by atoms with Gasteiger partial charge in [0, 0.05) is 5.02 Å². The fourth-order valence-corrected chi connectivity index (χ4v) is 2.72. The first-order valence-electron chi connectivity index (χ1n) is 6.25. The third-order valence-corrected chi connectivity index (χ3v) is 4.28. The lowest BCUT2D eigenvalue weighted by Crippen LogP contribution is -2.35. The van der Waals surface area contributed by atoms with Crippen molar-refractivity contribution in [2.75, 3.05) is 0 Å². The van der Waals surface area contributed by atoms with Crippen LogP contribution in [0.1, 0.15) is 29.2 Å². The van der Waals surface area contributed by atoms with Gasteiger partial charge in [-0.25, -0.2) is 4.39 Å². The quantitative estimate of drug-likeness (QED) is 0.778. The molecule has 0 aliphatic heterocycles. The van der Waals surface area contributed by atoms with E-state index in [2.05, 4.69) is 0 Å². The van der Waals surface area contributed by atoms with Crippen molar-refractivity contribution in [2.45, 2.75) is 26.3 Å². The average molecular weight is 312 g/mol. The summed E-state index contributed by atoms with van der Waals surface area (Å²) < 4.78 is 13.7. The zero-order chi connectivity index (χ0) is 15.1. The van der Waals surface area contributed by atoms with Gasteiger partial charge in [0.05, 0.1) is 10.6 Å². The maximum Gasteiger partial charge on any atom is 0.142 e. The maximum absolute atomic E-state index is 13.7. The van der Waals surface area contributed by atoms with Crippen LogP contribution in [0.4, 0.5) is 4.39 Å². The summed E-state index contributed by atoms with van der Waals surface area (Å²) in [6, 6.07) is 8.62. The van der Waals surface area contributed by atoms with Crippen molar-refractivity contribution in [3.8, 4) is 0 Å². The van der Waals surface area contributed by atoms with Crippen molar-refractivity contribution in [1.29, 1.82) is 0 Å². The van der Waals surface area contributed by atoms with Crippen LogP contribution in [0.2, 0.25) is 10.0 Å². The zero-order valence-corrected chi connectivity index (χ0v) is 13.1. The van der Waals surface area contributed by atoms with Crippen LogP contribution in [0.5, 0.6) is 0 Å². The molecule has 0 spiro atoms. The highest BCUT2D eigenvalue weighted by atomic mass is 35.5. The van der Waals surface area contributed by atoms with Gasteiger partial charge in [-0.2, -0.15) is 0 Å². The van der Waals surface area contributed by atoms with Crippen LogP contribution >= 0.6 is 23.2 Å². The highest BCUT2D eigenvalue weighted by molar-refractivity contribution is 6.35.